The van der Waals surface area contributed by atoms with Crippen LogP contribution in [0.3, 0.4) is 0 Å². The van der Waals surface area contributed by atoms with Crippen LogP contribution in [0, 0.1) is 0 Å². The summed E-state index contributed by atoms with van der Waals surface area (Å²) in [4.78, 5) is 8.61. The van der Waals surface area contributed by atoms with Gasteiger partial charge in [-0.25, -0.2) is 4.98 Å². The van der Waals surface area contributed by atoms with E-state index in [1.165, 1.54) is 0 Å². The molecule has 0 saturated carbocycles. The maximum absolute atomic E-state index is 5.75. The van der Waals surface area contributed by atoms with Gasteiger partial charge in [-0.05, 0) is 54.1 Å². The molecule has 4 aromatic rings. The first-order valence-electron chi connectivity index (χ1n) is 8.29. The number of ether oxygens (including phenoxy) is 2. The van der Waals surface area contributed by atoms with Crippen LogP contribution in [0.4, 0.5) is 5.69 Å². The van der Waals surface area contributed by atoms with Crippen LogP contribution in [0.1, 0.15) is 5.56 Å². The zero-order valence-corrected chi connectivity index (χ0v) is 14.9. The summed E-state index contributed by atoms with van der Waals surface area (Å²) < 4.78 is 16.5. The van der Waals surface area contributed by atoms with Crippen molar-refractivity contribution >= 4 is 16.9 Å². The number of nitrogens with zero attached hydrogens (tertiary/aromatic N) is 2. The van der Waals surface area contributed by atoms with Gasteiger partial charge in [0.15, 0.2) is 22.7 Å². The monoisotopic (exact) mass is 380 g/mol. The van der Waals surface area contributed by atoms with Gasteiger partial charge < -0.3 is 31.6 Å². The van der Waals surface area contributed by atoms with E-state index >= 15 is 0 Å². The third-order valence-electron chi connectivity index (χ3n) is 4.23. The molecule has 0 bridgehead atoms. The quantitative estimate of drug-likeness (QED) is 0.574. The maximum Gasteiger partial charge on any atom is 0.231 e. The van der Waals surface area contributed by atoms with Crippen molar-refractivity contribution in [3.8, 4) is 23.0 Å². The molecule has 7 heteroatoms. The minimum absolute atomic E-state index is 0. The minimum atomic E-state index is 0. The number of hydrogen-bond donors (Lipinski definition) is 1. The molecule has 1 aliphatic rings. The van der Waals surface area contributed by atoms with Gasteiger partial charge in [-0.1, -0.05) is 6.07 Å². The number of rotatable bonds is 4. The Morgan fingerprint density at radius 3 is 2.67 bits per heavy atom. The van der Waals surface area contributed by atoms with Crippen molar-refractivity contribution in [2.24, 2.45) is 0 Å². The number of aromatic nitrogens is 2. The number of pyridine rings is 1. The smallest absolute Gasteiger partial charge is 0.231 e. The number of halogens is 1. The van der Waals surface area contributed by atoms with Gasteiger partial charge in [-0.2, -0.15) is 4.98 Å². The van der Waals surface area contributed by atoms with Crippen LogP contribution < -0.4 is 27.2 Å². The number of benzene rings is 2. The number of hydrogen-bond acceptors (Lipinski definition) is 6. The third kappa shape index (κ3) is 3.39. The zero-order valence-electron chi connectivity index (χ0n) is 14.2. The highest BCUT2D eigenvalue weighted by atomic mass is 35.5. The van der Waals surface area contributed by atoms with Crippen LogP contribution >= 0.6 is 0 Å². The molecule has 27 heavy (non-hydrogen) atoms. The van der Waals surface area contributed by atoms with Crippen molar-refractivity contribution in [1.82, 2.24) is 9.97 Å². The molecule has 0 spiro atoms. The summed E-state index contributed by atoms with van der Waals surface area (Å²) in [7, 11) is 0. The molecule has 1 aliphatic heterocycles. The van der Waals surface area contributed by atoms with Crippen LogP contribution in [0.2, 0.25) is 0 Å². The van der Waals surface area contributed by atoms with Crippen LogP contribution in [0.5, 0.6) is 11.5 Å². The molecule has 0 amide bonds. The van der Waals surface area contributed by atoms with Gasteiger partial charge >= 0.3 is 0 Å². The number of oxazole rings is 1. The normalized spacial score (nSPS) is 12.0. The highest BCUT2D eigenvalue weighted by Crippen LogP contribution is 2.32. The summed E-state index contributed by atoms with van der Waals surface area (Å²) in [5.74, 6) is 2.16. The molecule has 0 radical (unpaired) electrons. The van der Waals surface area contributed by atoms with Gasteiger partial charge in [0.05, 0.1) is 0 Å². The summed E-state index contributed by atoms with van der Waals surface area (Å²) in [6.07, 6.45) is 1.71. The Kier molecular flexibility index (Phi) is 4.56. The predicted molar refractivity (Wildman–Crippen MR) is 97.1 cm³/mol. The van der Waals surface area contributed by atoms with Crippen LogP contribution in [-0.2, 0) is 6.54 Å². The van der Waals surface area contributed by atoms with Gasteiger partial charge in [-0.3, -0.25) is 0 Å². The zero-order chi connectivity index (χ0) is 17.3. The Morgan fingerprint density at radius 2 is 1.81 bits per heavy atom. The molecule has 0 unspecified atom stereocenters. The van der Waals surface area contributed by atoms with Crippen LogP contribution in [0.25, 0.3) is 22.7 Å². The summed E-state index contributed by atoms with van der Waals surface area (Å²) >= 11 is 0. The Hall–Kier alpha value is -3.25. The molecule has 2 aromatic carbocycles. The average molecular weight is 381 g/mol. The third-order valence-corrected chi connectivity index (χ3v) is 4.23. The van der Waals surface area contributed by atoms with Crippen molar-refractivity contribution in [3.05, 3.63) is 66.4 Å². The van der Waals surface area contributed by atoms with E-state index in [-0.39, 0.29) is 12.4 Å². The molecule has 136 valence electrons. The first-order valence-corrected chi connectivity index (χ1v) is 8.29. The Morgan fingerprint density at radius 1 is 0.963 bits per heavy atom. The largest absolute Gasteiger partial charge is 1.00 e. The molecule has 5 rings (SSSR count). The lowest BCUT2D eigenvalue weighted by Gasteiger charge is -2.07. The highest BCUT2D eigenvalue weighted by Gasteiger charge is 2.13. The van der Waals surface area contributed by atoms with Crippen molar-refractivity contribution in [2.45, 2.75) is 6.54 Å². The van der Waals surface area contributed by atoms with Crippen LogP contribution in [-0.4, -0.2) is 16.8 Å². The second-order valence-corrected chi connectivity index (χ2v) is 5.96. The fourth-order valence-electron chi connectivity index (χ4n) is 2.88. The van der Waals surface area contributed by atoms with Gasteiger partial charge in [-0.15, -0.1) is 0 Å². The Bertz CT molecular complexity index is 1050. The maximum atomic E-state index is 5.75. The lowest BCUT2D eigenvalue weighted by atomic mass is 10.1. The van der Waals surface area contributed by atoms with Crippen molar-refractivity contribution in [2.75, 3.05) is 12.1 Å². The molecule has 0 atom stereocenters. The molecule has 3 heterocycles. The highest BCUT2D eigenvalue weighted by molar-refractivity contribution is 5.72. The van der Waals surface area contributed by atoms with Gasteiger partial charge in [0, 0.05) is 24.0 Å². The fourth-order valence-corrected chi connectivity index (χ4v) is 2.88. The summed E-state index contributed by atoms with van der Waals surface area (Å²) in [6, 6.07) is 17.6. The van der Waals surface area contributed by atoms with Crippen molar-refractivity contribution in [1.29, 1.82) is 0 Å². The molecule has 2 aromatic heterocycles. The SMILES string of the molecule is [Cl-].c1cnc2nc(-c3ccc(NCc4ccc5c(c4)OCO5)cc3)oc2c1. The summed E-state index contributed by atoms with van der Waals surface area (Å²) in [5.41, 5.74) is 4.36. The first kappa shape index (κ1) is 17.2. The lowest BCUT2D eigenvalue weighted by molar-refractivity contribution is -0.00000730. The predicted octanol–water partition coefficient (Wildman–Crippen LogP) is 1.23. The van der Waals surface area contributed by atoms with E-state index in [1.807, 2.05) is 54.6 Å². The number of nitrogens with one attached hydrogen (secondary N) is 1. The van der Waals surface area contributed by atoms with E-state index in [9.17, 15) is 0 Å². The Balaban J connectivity index is 0.00000180. The van der Waals surface area contributed by atoms with Crippen molar-refractivity contribution < 1.29 is 26.3 Å². The van der Waals surface area contributed by atoms with Gasteiger partial charge in [0.2, 0.25) is 12.7 Å². The van der Waals surface area contributed by atoms with E-state index in [1.54, 1.807) is 6.20 Å². The van der Waals surface area contributed by atoms with E-state index in [4.69, 9.17) is 13.9 Å². The van der Waals surface area contributed by atoms with E-state index in [2.05, 4.69) is 15.3 Å². The average Bonchev–Trinajstić information content (AvgIpc) is 3.33. The number of anilines is 1. The topological polar surface area (TPSA) is 69.4 Å². The lowest BCUT2D eigenvalue weighted by Crippen LogP contribution is -3.00. The van der Waals surface area contributed by atoms with Gasteiger partial charge in [0.1, 0.15) is 0 Å². The number of fused-ring (bicyclic) bond motifs is 2. The second-order valence-electron chi connectivity index (χ2n) is 5.96. The summed E-state index contributed by atoms with van der Waals surface area (Å²) in [5, 5.41) is 3.40. The minimum Gasteiger partial charge on any atom is -1.00 e. The standard InChI is InChI=1S/C20H15N3O3.ClH/c1-2-17-19(21-9-1)23-20(26-17)14-4-6-15(7-5-14)22-11-13-3-8-16-18(10-13)25-12-24-16;/h1-10,22H,11-12H2;1H/p-1. The van der Waals surface area contributed by atoms with E-state index in [0.717, 1.165) is 28.3 Å². The molecule has 0 saturated heterocycles. The van der Waals surface area contributed by atoms with Crippen LogP contribution in [0.15, 0.2) is 65.2 Å². The second kappa shape index (κ2) is 7.17. The first-order chi connectivity index (χ1) is 12.8. The molecule has 0 fully saturated rings. The van der Waals surface area contributed by atoms with E-state index < -0.39 is 0 Å². The molecular weight excluding hydrogens is 366 g/mol. The van der Waals surface area contributed by atoms with Crippen molar-refractivity contribution in [3.63, 3.8) is 0 Å². The fraction of sp³-hybridized carbons (Fsp3) is 0.100. The molecule has 0 aliphatic carbocycles. The van der Waals surface area contributed by atoms with Gasteiger partial charge in [0.25, 0.3) is 0 Å². The molecule has 6 nitrogen and oxygen atoms in total. The molecular formula is C20H15ClN3O3-. The molecule has 1 N–H and O–H groups in total. The van der Waals surface area contributed by atoms with E-state index in [0.29, 0.717) is 30.5 Å². The summed E-state index contributed by atoms with van der Waals surface area (Å²) in [6.45, 7) is 0.988. The Labute approximate surface area is 161 Å².